The SMILES string of the molecule is CN(C(=O)c1cc(N2CC(C#CC(C=NC(C)(C)C(=O)Nc3ccc(C(F)(F)F)cc3)=CN)C2)ccc1C=O)C1CCC(=O)NC1=O. The number of benzene rings is 2. The van der Waals surface area contributed by atoms with E-state index in [9.17, 15) is 37.1 Å². The summed E-state index contributed by atoms with van der Waals surface area (Å²) in [6.07, 6.45) is -1.03. The number of nitrogens with two attached hydrogens (primary N) is 1. The number of anilines is 2. The minimum Gasteiger partial charge on any atom is -0.404 e. The Balaban J connectivity index is 1.36. The largest absolute Gasteiger partial charge is 0.416 e. The number of amides is 4. The van der Waals surface area contributed by atoms with Gasteiger partial charge in [0, 0.05) is 55.9 Å². The van der Waals surface area contributed by atoms with Crippen molar-refractivity contribution in [3.8, 4) is 11.8 Å². The van der Waals surface area contributed by atoms with Crippen molar-refractivity contribution in [3.63, 3.8) is 0 Å². The Labute approximate surface area is 269 Å². The molecule has 11 nitrogen and oxygen atoms in total. The smallest absolute Gasteiger partial charge is 0.404 e. The molecule has 2 heterocycles. The molecule has 47 heavy (non-hydrogen) atoms. The van der Waals surface area contributed by atoms with Gasteiger partial charge < -0.3 is 20.9 Å². The van der Waals surface area contributed by atoms with E-state index >= 15 is 0 Å². The Morgan fingerprint density at radius 1 is 1.13 bits per heavy atom. The standard InChI is InChI=1S/C33H33F3N6O5/c1-32(2,31(47)39-24-9-7-23(8-10-24)33(34,35)36)38-16-20(15-37)4-5-21-17-42(18-21)25-11-6-22(19-43)26(14-25)30(46)41(3)27-12-13-28(44)40-29(27)45/h6-11,14-16,19,21,27H,12-13,17-18,37H2,1-3H3,(H,39,47)(H,40,44,45). The van der Waals surface area contributed by atoms with Crippen molar-refractivity contribution < 1.29 is 37.1 Å². The molecule has 4 N–H and O–H groups in total. The van der Waals surface area contributed by atoms with Gasteiger partial charge in [-0.2, -0.15) is 13.2 Å². The normalized spacial score (nSPS) is 17.4. The van der Waals surface area contributed by atoms with Crippen LogP contribution in [0.5, 0.6) is 0 Å². The van der Waals surface area contributed by atoms with Crippen LogP contribution >= 0.6 is 0 Å². The van der Waals surface area contributed by atoms with Gasteiger partial charge in [-0.3, -0.25) is 34.3 Å². The number of aldehydes is 1. The van der Waals surface area contributed by atoms with Gasteiger partial charge in [0.1, 0.15) is 11.6 Å². The van der Waals surface area contributed by atoms with Crippen molar-refractivity contribution in [2.75, 3.05) is 30.4 Å². The Morgan fingerprint density at radius 2 is 1.81 bits per heavy atom. The second-order valence-corrected chi connectivity index (χ2v) is 11.6. The molecule has 2 aliphatic rings. The number of carbonyl (C=O) groups is 5. The molecule has 1 unspecified atom stereocenters. The predicted molar refractivity (Wildman–Crippen MR) is 168 cm³/mol. The minimum absolute atomic E-state index is 0.0645. The Morgan fingerprint density at radius 3 is 2.40 bits per heavy atom. The van der Waals surface area contributed by atoms with Crippen molar-refractivity contribution in [3.05, 3.63) is 70.9 Å². The molecule has 2 aromatic carbocycles. The van der Waals surface area contributed by atoms with Gasteiger partial charge in [-0.25, -0.2) is 0 Å². The molecule has 1 atom stereocenters. The number of nitrogens with one attached hydrogen (secondary N) is 2. The fourth-order valence-corrected chi connectivity index (χ4v) is 4.81. The zero-order valence-corrected chi connectivity index (χ0v) is 25.9. The molecule has 246 valence electrons. The Kier molecular flexibility index (Phi) is 10.2. The molecule has 0 saturated carbocycles. The molecule has 0 bridgehead atoms. The fourth-order valence-electron chi connectivity index (χ4n) is 4.81. The van der Waals surface area contributed by atoms with E-state index in [0.717, 1.165) is 24.3 Å². The zero-order chi connectivity index (χ0) is 34.5. The first-order valence-electron chi connectivity index (χ1n) is 14.6. The van der Waals surface area contributed by atoms with Crippen LogP contribution in [0.1, 0.15) is 53.0 Å². The fraction of sp³-hybridized carbons (Fsp3) is 0.333. The number of aliphatic imine (C=N–C) groups is 1. The van der Waals surface area contributed by atoms with Crippen LogP contribution in [0.2, 0.25) is 0 Å². The van der Waals surface area contributed by atoms with Crippen molar-refractivity contribution in [1.29, 1.82) is 0 Å². The summed E-state index contributed by atoms with van der Waals surface area (Å²) in [6, 6.07) is 8.08. The maximum atomic E-state index is 13.3. The van der Waals surface area contributed by atoms with E-state index in [-0.39, 0.29) is 35.6 Å². The maximum Gasteiger partial charge on any atom is 0.416 e. The summed E-state index contributed by atoms with van der Waals surface area (Å²) in [7, 11) is 1.46. The zero-order valence-electron chi connectivity index (χ0n) is 25.9. The van der Waals surface area contributed by atoms with Gasteiger partial charge in [0.15, 0.2) is 6.29 Å². The number of rotatable bonds is 8. The summed E-state index contributed by atoms with van der Waals surface area (Å²) in [6.45, 7) is 4.09. The van der Waals surface area contributed by atoms with Crippen molar-refractivity contribution in [1.82, 2.24) is 10.2 Å². The first-order chi connectivity index (χ1) is 22.1. The molecule has 14 heteroatoms. The third-order valence-corrected chi connectivity index (χ3v) is 7.79. The second-order valence-electron chi connectivity index (χ2n) is 11.6. The van der Waals surface area contributed by atoms with Crippen LogP contribution in [0.15, 0.2) is 59.2 Å². The first-order valence-corrected chi connectivity index (χ1v) is 14.6. The van der Waals surface area contributed by atoms with Gasteiger partial charge in [0.2, 0.25) is 11.8 Å². The van der Waals surface area contributed by atoms with Gasteiger partial charge in [-0.1, -0.05) is 11.8 Å². The highest BCUT2D eigenvalue weighted by Crippen LogP contribution is 2.30. The average Bonchev–Trinajstić information content (AvgIpc) is 3.00. The van der Waals surface area contributed by atoms with E-state index in [4.69, 9.17) is 5.73 Å². The number of allylic oxidation sites excluding steroid dienone is 1. The summed E-state index contributed by atoms with van der Waals surface area (Å²) in [4.78, 5) is 69.0. The molecular formula is C33H33F3N6O5. The first kappa shape index (κ1) is 34.4. The number of piperidine rings is 1. The number of nitrogens with zero attached hydrogens (tertiary/aromatic N) is 3. The van der Waals surface area contributed by atoms with E-state index in [1.807, 2.05) is 4.90 Å². The van der Waals surface area contributed by atoms with Crippen LogP contribution in [0.25, 0.3) is 0 Å². The third-order valence-electron chi connectivity index (χ3n) is 7.79. The molecule has 2 saturated heterocycles. The van der Waals surface area contributed by atoms with E-state index in [0.29, 0.717) is 30.6 Å². The average molecular weight is 651 g/mol. The predicted octanol–water partition coefficient (Wildman–Crippen LogP) is 3.17. The quantitative estimate of drug-likeness (QED) is 0.172. The molecular weight excluding hydrogens is 617 g/mol. The number of likely N-dealkylation sites (N-methyl/N-ethyl adjacent to an activating group) is 1. The molecule has 0 spiro atoms. The lowest BCUT2D eigenvalue weighted by Crippen LogP contribution is -2.53. The van der Waals surface area contributed by atoms with E-state index < -0.39 is 46.9 Å². The van der Waals surface area contributed by atoms with E-state index in [1.165, 1.54) is 44.3 Å². The number of imide groups is 1. The van der Waals surface area contributed by atoms with E-state index in [1.54, 1.807) is 12.1 Å². The monoisotopic (exact) mass is 650 g/mol. The van der Waals surface area contributed by atoms with Crippen molar-refractivity contribution >= 4 is 47.5 Å². The van der Waals surface area contributed by atoms with Gasteiger partial charge in [0.05, 0.1) is 22.6 Å². The summed E-state index contributed by atoms with van der Waals surface area (Å²) >= 11 is 0. The number of alkyl halides is 3. The van der Waals surface area contributed by atoms with Crippen LogP contribution in [0, 0.1) is 17.8 Å². The highest BCUT2D eigenvalue weighted by molar-refractivity contribution is 6.06. The molecule has 0 radical (unpaired) electrons. The van der Waals surface area contributed by atoms with Crippen LogP contribution in [0.4, 0.5) is 24.5 Å². The Hall–Kier alpha value is -5.45. The summed E-state index contributed by atoms with van der Waals surface area (Å²) in [5.41, 5.74) is 5.12. The number of hydrogen-bond donors (Lipinski definition) is 3. The van der Waals surface area contributed by atoms with Crippen molar-refractivity contribution in [2.24, 2.45) is 16.6 Å². The molecule has 2 aliphatic heterocycles. The topological polar surface area (TPSA) is 154 Å². The lowest BCUT2D eigenvalue weighted by Gasteiger charge is -2.38. The highest BCUT2D eigenvalue weighted by atomic mass is 19.4. The maximum absolute atomic E-state index is 13.3. The van der Waals surface area contributed by atoms with Crippen LogP contribution in [-0.4, -0.2) is 72.7 Å². The van der Waals surface area contributed by atoms with Crippen LogP contribution in [-0.2, 0) is 20.6 Å². The summed E-state index contributed by atoms with van der Waals surface area (Å²) in [5.74, 6) is 3.94. The number of carbonyl (C=O) groups excluding carboxylic acids is 5. The lowest BCUT2D eigenvalue weighted by molar-refractivity contribution is -0.138. The van der Waals surface area contributed by atoms with Crippen molar-refractivity contribution in [2.45, 2.75) is 44.4 Å². The second kappa shape index (κ2) is 13.9. The molecule has 4 amide bonds. The molecule has 0 aromatic heterocycles. The molecule has 2 aromatic rings. The lowest BCUT2D eigenvalue weighted by atomic mass is 9.97. The molecule has 4 rings (SSSR count). The van der Waals surface area contributed by atoms with Gasteiger partial charge >= 0.3 is 6.18 Å². The molecule has 2 fully saturated rings. The molecule has 0 aliphatic carbocycles. The van der Waals surface area contributed by atoms with Crippen LogP contribution < -0.4 is 21.3 Å². The van der Waals surface area contributed by atoms with Gasteiger partial charge in [0.25, 0.3) is 11.8 Å². The summed E-state index contributed by atoms with van der Waals surface area (Å²) in [5, 5.41) is 4.78. The van der Waals surface area contributed by atoms with Gasteiger partial charge in [-0.15, -0.1) is 0 Å². The van der Waals surface area contributed by atoms with E-state index in [2.05, 4.69) is 27.5 Å². The minimum atomic E-state index is -4.49. The number of halogens is 3. The summed E-state index contributed by atoms with van der Waals surface area (Å²) < 4.78 is 38.4. The number of hydrogen-bond acceptors (Lipinski definition) is 8. The Bertz CT molecular complexity index is 1700. The van der Waals surface area contributed by atoms with Crippen LogP contribution in [0.3, 0.4) is 0 Å². The highest BCUT2D eigenvalue weighted by Gasteiger charge is 2.34. The third kappa shape index (κ3) is 8.23. The van der Waals surface area contributed by atoms with Gasteiger partial charge in [-0.05, 0) is 62.7 Å².